The molecule has 7 nitrogen and oxygen atoms in total. The fraction of sp³-hybridized carbons (Fsp3) is 0.389. The van der Waals surface area contributed by atoms with Crippen LogP contribution in [-0.2, 0) is 9.53 Å². The molecular weight excluding hydrogens is 322 g/mol. The molecule has 1 aliphatic rings. The van der Waals surface area contributed by atoms with Crippen LogP contribution in [0.1, 0.15) is 32.4 Å². The minimum atomic E-state index is -0.598. The van der Waals surface area contributed by atoms with Crippen molar-refractivity contribution in [1.29, 1.82) is 5.26 Å². The molecule has 1 atom stereocenters. The van der Waals surface area contributed by atoms with Gasteiger partial charge in [-0.15, -0.1) is 0 Å². The lowest BCUT2D eigenvalue weighted by molar-refractivity contribution is -0.139. The second-order valence-electron chi connectivity index (χ2n) is 5.36. The van der Waals surface area contributed by atoms with E-state index in [0.717, 1.165) is 5.56 Å². The molecule has 2 rings (SSSR count). The zero-order chi connectivity index (χ0) is 18.4. The van der Waals surface area contributed by atoms with E-state index in [2.05, 4.69) is 5.32 Å². The van der Waals surface area contributed by atoms with Crippen LogP contribution >= 0.6 is 0 Å². The number of nitrogens with one attached hydrogen (secondary N) is 1. The van der Waals surface area contributed by atoms with Crippen LogP contribution in [0.3, 0.4) is 0 Å². The summed E-state index contributed by atoms with van der Waals surface area (Å²) in [6.45, 7) is 5.98. The molecule has 1 aromatic rings. The lowest BCUT2D eigenvalue weighted by atomic mass is 9.95. The van der Waals surface area contributed by atoms with E-state index in [0.29, 0.717) is 23.6 Å². The fourth-order valence-corrected chi connectivity index (χ4v) is 2.76. The van der Waals surface area contributed by atoms with Crippen LogP contribution in [0.25, 0.3) is 0 Å². The van der Waals surface area contributed by atoms with Gasteiger partial charge < -0.3 is 14.8 Å². The molecule has 1 aromatic carbocycles. The highest BCUT2D eigenvalue weighted by Gasteiger charge is 2.35. The first-order valence-corrected chi connectivity index (χ1v) is 8.09. The zero-order valence-electron chi connectivity index (χ0n) is 14.5. The van der Waals surface area contributed by atoms with E-state index >= 15 is 0 Å². The summed E-state index contributed by atoms with van der Waals surface area (Å²) < 4.78 is 10.4. The van der Waals surface area contributed by atoms with Crippen LogP contribution < -0.4 is 10.1 Å². The van der Waals surface area contributed by atoms with Gasteiger partial charge in [0.05, 0.1) is 18.2 Å². The van der Waals surface area contributed by atoms with Crippen molar-refractivity contribution in [3.63, 3.8) is 0 Å². The largest absolute Gasteiger partial charge is 0.479 e. The van der Waals surface area contributed by atoms with Crippen LogP contribution in [-0.4, -0.2) is 36.7 Å². The number of urea groups is 1. The van der Waals surface area contributed by atoms with Crippen molar-refractivity contribution in [2.75, 3.05) is 19.8 Å². The van der Waals surface area contributed by atoms with Crippen molar-refractivity contribution in [2.24, 2.45) is 0 Å². The van der Waals surface area contributed by atoms with Crippen molar-refractivity contribution in [1.82, 2.24) is 10.2 Å². The van der Waals surface area contributed by atoms with Crippen LogP contribution in [0, 0.1) is 11.3 Å². The number of esters is 1. The summed E-state index contributed by atoms with van der Waals surface area (Å²) >= 11 is 0. The molecule has 1 N–H and O–H groups in total. The monoisotopic (exact) mass is 343 g/mol. The maximum atomic E-state index is 12.4. The van der Waals surface area contributed by atoms with E-state index < -0.39 is 12.0 Å². The summed E-state index contributed by atoms with van der Waals surface area (Å²) in [5.41, 5.74) is 1.73. The molecule has 0 aromatic heterocycles. The molecule has 0 saturated carbocycles. The van der Waals surface area contributed by atoms with E-state index in [1.54, 1.807) is 38.1 Å². The summed E-state index contributed by atoms with van der Waals surface area (Å²) in [5, 5.41) is 11.4. The van der Waals surface area contributed by atoms with Gasteiger partial charge in [-0.05, 0) is 38.5 Å². The fourth-order valence-electron chi connectivity index (χ4n) is 2.76. The number of carbonyl (C=O) groups excluding carboxylic acids is 2. The number of hydrogen-bond donors (Lipinski definition) is 1. The van der Waals surface area contributed by atoms with Gasteiger partial charge in [0.15, 0.2) is 6.61 Å². The van der Waals surface area contributed by atoms with Crippen LogP contribution in [0.2, 0.25) is 0 Å². The first-order chi connectivity index (χ1) is 12.0. The average molecular weight is 343 g/mol. The second-order valence-corrected chi connectivity index (χ2v) is 5.36. The number of allylic oxidation sites excluding steroid dienone is 1. The number of ether oxygens (including phenoxy) is 2. The van der Waals surface area contributed by atoms with Crippen molar-refractivity contribution < 1.29 is 19.1 Å². The van der Waals surface area contributed by atoms with Gasteiger partial charge in [-0.3, -0.25) is 4.90 Å². The molecule has 0 radical (unpaired) electrons. The average Bonchev–Trinajstić information content (AvgIpc) is 2.60. The topological polar surface area (TPSA) is 91.7 Å². The number of hydrogen-bond acceptors (Lipinski definition) is 5. The Kier molecular flexibility index (Phi) is 6.01. The summed E-state index contributed by atoms with van der Waals surface area (Å²) in [5.74, 6) is 0.0919. The molecule has 0 spiro atoms. The molecule has 0 saturated heterocycles. The number of carbonyl (C=O) groups is 2. The summed E-state index contributed by atoms with van der Waals surface area (Å²) in [6, 6.07) is 7.95. The molecule has 0 aliphatic carbocycles. The molecule has 25 heavy (non-hydrogen) atoms. The van der Waals surface area contributed by atoms with Gasteiger partial charge in [-0.1, -0.05) is 12.1 Å². The first kappa shape index (κ1) is 18.3. The summed E-state index contributed by atoms with van der Waals surface area (Å²) in [6.07, 6.45) is 0. The third kappa shape index (κ3) is 3.91. The normalized spacial score (nSPS) is 17.0. The Hall–Kier alpha value is -3.01. The molecule has 0 fully saturated rings. The molecule has 1 aliphatic heterocycles. The second kappa shape index (κ2) is 8.20. The van der Waals surface area contributed by atoms with Gasteiger partial charge in [-0.25, -0.2) is 9.59 Å². The predicted octanol–water partition coefficient (Wildman–Crippen LogP) is 2.51. The summed E-state index contributed by atoms with van der Waals surface area (Å²) in [7, 11) is 0. The quantitative estimate of drug-likeness (QED) is 0.801. The van der Waals surface area contributed by atoms with Crippen LogP contribution in [0.4, 0.5) is 4.79 Å². The Bertz CT molecular complexity index is 719. The molecule has 2 amide bonds. The number of benzene rings is 1. The number of nitrogens with zero attached hydrogens (tertiary/aromatic N) is 2. The predicted molar refractivity (Wildman–Crippen MR) is 90.5 cm³/mol. The van der Waals surface area contributed by atoms with Gasteiger partial charge in [0.1, 0.15) is 11.8 Å². The van der Waals surface area contributed by atoms with Crippen molar-refractivity contribution >= 4 is 12.0 Å². The Morgan fingerprint density at radius 2 is 2.00 bits per heavy atom. The highest BCUT2D eigenvalue weighted by atomic mass is 16.5. The lowest BCUT2D eigenvalue weighted by Crippen LogP contribution is -2.47. The van der Waals surface area contributed by atoms with Crippen molar-refractivity contribution in [2.45, 2.75) is 26.8 Å². The highest BCUT2D eigenvalue weighted by molar-refractivity contribution is 5.95. The minimum Gasteiger partial charge on any atom is -0.479 e. The maximum Gasteiger partial charge on any atom is 0.338 e. The Balaban J connectivity index is 2.39. The van der Waals surface area contributed by atoms with Gasteiger partial charge >= 0.3 is 12.0 Å². The molecular formula is C18H21N3O4. The smallest absolute Gasteiger partial charge is 0.338 e. The molecule has 0 bridgehead atoms. The van der Waals surface area contributed by atoms with E-state index in [1.165, 1.54) is 4.90 Å². The van der Waals surface area contributed by atoms with E-state index in [1.807, 2.05) is 13.0 Å². The SMILES string of the molecule is CCOC(=O)C1=C(C)N(CC)C(=O)N[C@@H]1c1ccc(OCC#N)cc1. The molecule has 7 heteroatoms. The number of nitriles is 1. The van der Waals surface area contributed by atoms with Gasteiger partial charge in [-0.2, -0.15) is 5.26 Å². The maximum absolute atomic E-state index is 12.4. The van der Waals surface area contributed by atoms with Crippen LogP contribution in [0.5, 0.6) is 5.75 Å². The van der Waals surface area contributed by atoms with E-state index in [9.17, 15) is 9.59 Å². The third-order valence-corrected chi connectivity index (χ3v) is 3.92. The molecule has 0 unspecified atom stereocenters. The number of amides is 2. The third-order valence-electron chi connectivity index (χ3n) is 3.92. The lowest BCUT2D eigenvalue weighted by Gasteiger charge is -2.34. The zero-order valence-corrected chi connectivity index (χ0v) is 14.5. The van der Waals surface area contributed by atoms with Gasteiger partial charge in [0, 0.05) is 12.2 Å². The van der Waals surface area contributed by atoms with Gasteiger partial charge in [0.25, 0.3) is 0 Å². The Morgan fingerprint density at radius 1 is 1.32 bits per heavy atom. The standard InChI is InChI=1S/C18H21N3O4/c1-4-21-12(3)15(17(22)24-5-2)16(20-18(21)23)13-6-8-14(9-7-13)25-11-10-19/h6-9,16H,4-5,11H2,1-3H3,(H,20,23)/t16-/m1/s1. The van der Waals surface area contributed by atoms with Crippen LogP contribution in [0.15, 0.2) is 35.5 Å². The van der Waals surface area contributed by atoms with Crippen molar-refractivity contribution in [3.05, 3.63) is 41.1 Å². The summed E-state index contributed by atoms with van der Waals surface area (Å²) in [4.78, 5) is 26.3. The Labute approximate surface area is 146 Å². The molecule has 132 valence electrons. The van der Waals surface area contributed by atoms with Crippen molar-refractivity contribution in [3.8, 4) is 11.8 Å². The van der Waals surface area contributed by atoms with Gasteiger partial charge in [0.2, 0.25) is 0 Å². The molecule has 1 heterocycles. The van der Waals surface area contributed by atoms with E-state index in [-0.39, 0.29) is 19.2 Å². The first-order valence-electron chi connectivity index (χ1n) is 8.09. The minimum absolute atomic E-state index is 0.0436. The van der Waals surface area contributed by atoms with E-state index in [4.69, 9.17) is 14.7 Å². The number of rotatable bonds is 6. The Morgan fingerprint density at radius 3 is 2.56 bits per heavy atom. The highest BCUT2D eigenvalue weighted by Crippen LogP contribution is 2.32.